The van der Waals surface area contributed by atoms with Gasteiger partial charge < -0.3 is 9.47 Å². The molecule has 1 aromatic carbocycles. The van der Waals surface area contributed by atoms with Gasteiger partial charge in [-0.2, -0.15) is 0 Å². The van der Waals surface area contributed by atoms with Gasteiger partial charge in [0.15, 0.2) is 0 Å². The molecular weight excluding hydrogens is 290 g/mol. The zero-order chi connectivity index (χ0) is 16.6. The highest BCUT2D eigenvalue weighted by molar-refractivity contribution is 5.93. The van der Waals surface area contributed by atoms with E-state index in [0.29, 0.717) is 18.2 Å². The molecule has 0 N–H and O–H groups in total. The second-order valence-electron chi connectivity index (χ2n) is 7.49. The quantitative estimate of drug-likeness (QED) is 0.795. The molecule has 4 nitrogen and oxygen atoms in total. The van der Waals surface area contributed by atoms with Crippen molar-refractivity contribution in [2.75, 3.05) is 13.1 Å². The first-order chi connectivity index (χ1) is 10.9. The Kier molecular flexibility index (Phi) is 4.37. The SMILES string of the molecule is CC[C@H](C)N1CCC(C)(C)[C@@H](Oc2ccc3c(c2)COC3=O)C1. The number of piperidine rings is 1. The van der Waals surface area contributed by atoms with Crippen LogP contribution in [0.2, 0.25) is 0 Å². The molecule has 1 saturated heterocycles. The Morgan fingerprint density at radius 1 is 1.43 bits per heavy atom. The van der Waals surface area contributed by atoms with E-state index >= 15 is 0 Å². The number of cyclic esters (lactones) is 1. The van der Waals surface area contributed by atoms with E-state index in [4.69, 9.17) is 9.47 Å². The second kappa shape index (κ2) is 6.16. The van der Waals surface area contributed by atoms with Crippen molar-refractivity contribution in [1.29, 1.82) is 0 Å². The summed E-state index contributed by atoms with van der Waals surface area (Å²) in [4.78, 5) is 14.1. The van der Waals surface area contributed by atoms with Crippen LogP contribution < -0.4 is 4.74 Å². The van der Waals surface area contributed by atoms with Crippen LogP contribution in [0.5, 0.6) is 5.75 Å². The van der Waals surface area contributed by atoms with Crippen LogP contribution in [-0.4, -0.2) is 36.1 Å². The van der Waals surface area contributed by atoms with E-state index < -0.39 is 0 Å². The van der Waals surface area contributed by atoms with Gasteiger partial charge in [-0.1, -0.05) is 20.8 Å². The lowest BCUT2D eigenvalue weighted by molar-refractivity contribution is -0.0218. The van der Waals surface area contributed by atoms with Gasteiger partial charge in [0, 0.05) is 23.6 Å². The fourth-order valence-corrected chi connectivity index (χ4v) is 3.35. The number of hydrogen-bond acceptors (Lipinski definition) is 4. The molecule has 0 saturated carbocycles. The van der Waals surface area contributed by atoms with Crippen molar-refractivity contribution in [2.24, 2.45) is 5.41 Å². The summed E-state index contributed by atoms with van der Waals surface area (Å²) in [5.74, 6) is 0.610. The predicted molar refractivity (Wildman–Crippen MR) is 89.7 cm³/mol. The van der Waals surface area contributed by atoms with Gasteiger partial charge >= 0.3 is 5.97 Å². The fourth-order valence-electron chi connectivity index (χ4n) is 3.35. The average molecular weight is 317 g/mol. The Balaban J connectivity index is 1.75. The summed E-state index contributed by atoms with van der Waals surface area (Å²) in [6, 6.07) is 6.26. The molecule has 2 atom stereocenters. The molecule has 1 fully saturated rings. The number of hydrogen-bond donors (Lipinski definition) is 0. The predicted octanol–water partition coefficient (Wildman–Crippen LogP) is 3.63. The largest absolute Gasteiger partial charge is 0.489 e. The molecule has 0 bridgehead atoms. The first-order valence-corrected chi connectivity index (χ1v) is 8.61. The van der Waals surface area contributed by atoms with E-state index in [9.17, 15) is 4.79 Å². The molecular formula is C19H27NO3. The molecule has 4 heteroatoms. The smallest absolute Gasteiger partial charge is 0.338 e. The van der Waals surface area contributed by atoms with E-state index in [1.807, 2.05) is 18.2 Å². The number of carbonyl (C=O) groups excluding carboxylic acids is 1. The Labute approximate surface area is 138 Å². The molecule has 0 radical (unpaired) electrons. The summed E-state index contributed by atoms with van der Waals surface area (Å²) in [5, 5.41) is 0. The van der Waals surface area contributed by atoms with Gasteiger partial charge in [-0.05, 0) is 44.5 Å². The first-order valence-electron chi connectivity index (χ1n) is 8.61. The number of benzene rings is 1. The summed E-state index contributed by atoms with van der Waals surface area (Å²) in [7, 11) is 0. The minimum absolute atomic E-state index is 0.148. The molecule has 126 valence electrons. The average Bonchev–Trinajstić information content (AvgIpc) is 2.89. The third kappa shape index (κ3) is 3.23. The lowest BCUT2D eigenvalue weighted by Gasteiger charge is -2.45. The molecule has 0 aromatic heterocycles. The number of nitrogens with zero attached hydrogens (tertiary/aromatic N) is 1. The van der Waals surface area contributed by atoms with Crippen molar-refractivity contribution in [2.45, 2.75) is 59.3 Å². The number of fused-ring (bicyclic) bond motifs is 1. The van der Waals surface area contributed by atoms with Crippen molar-refractivity contribution >= 4 is 5.97 Å². The van der Waals surface area contributed by atoms with Gasteiger partial charge in [0.2, 0.25) is 0 Å². The molecule has 0 spiro atoms. The van der Waals surface area contributed by atoms with E-state index in [2.05, 4.69) is 32.6 Å². The molecule has 2 heterocycles. The third-order valence-electron chi connectivity index (χ3n) is 5.46. The van der Waals surface area contributed by atoms with Crippen LogP contribution in [0, 0.1) is 5.41 Å². The first kappa shape index (κ1) is 16.3. The maximum atomic E-state index is 11.6. The number of likely N-dealkylation sites (tertiary alicyclic amines) is 1. The summed E-state index contributed by atoms with van der Waals surface area (Å²) >= 11 is 0. The molecule has 0 unspecified atom stereocenters. The van der Waals surface area contributed by atoms with Gasteiger partial charge in [-0.15, -0.1) is 0 Å². The van der Waals surface area contributed by atoms with Crippen LogP contribution >= 0.6 is 0 Å². The van der Waals surface area contributed by atoms with Crippen LogP contribution in [-0.2, 0) is 11.3 Å². The fraction of sp³-hybridized carbons (Fsp3) is 0.632. The van der Waals surface area contributed by atoms with Gasteiger partial charge in [0.1, 0.15) is 18.5 Å². The van der Waals surface area contributed by atoms with Crippen molar-refractivity contribution in [3.63, 3.8) is 0 Å². The number of carbonyl (C=O) groups is 1. The highest BCUT2D eigenvalue weighted by atomic mass is 16.5. The monoisotopic (exact) mass is 317 g/mol. The van der Waals surface area contributed by atoms with Crippen molar-refractivity contribution in [3.8, 4) is 5.75 Å². The minimum Gasteiger partial charge on any atom is -0.489 e. The number of ether oxygens (including phenoxy) is 2. The summed E-state index contributed by atoms with van der Waals surface area (Å²) in [6.45, 7) is 11.5. The summed E-state index contributed by atoms with van der Waals surface area (Å²) in [6.07, 6.45) is 2.45. The maximum Gasteiger partial charge on any atom is 0.338 e. The van der Waals surface area contributed by atoms with E-state index in [1.54, 1.807) is 0 Å². The van der Waals surface area contributed by atoms with Crippen LogP contribution in [0.1, 0.15) is 56.5 Å². The standard InChI is InChI=1S/C19H27NO3/c1-5-13(2)20-9-8-19(3,4)17(11-20)23-15-6-7-16-14(10-15)12-22-18(16)21/h6-7,10,13,17H,5,8-9,11-12H2,1-4H3/t13-,17-/m0/s1. The highest BCUT2D eigenvalue weighted by Gasteiger charge is 2.38. The summed E-state index contributed by atoms with van der Waals surface area (Å²) in [5.41, 5.74) is 1.75. The summed E-state index contributed by atoms with van der Waals surface area (Å²) < 4.78 is 11.4. The molecule has 23 heavy (non-hydrogen) atoms. The molecule has 0 aliphatic carbocycles. The Morgan fingerprint density at radius 3 is 2.96 bits per heavy atom. The highest BCUT2D eigenvalue weighted by Crippen LogP contribution is 2.35. The Morgan fingerprint density at radius 2 is 2.22 bits per heavy atom. The topological polar surface area (TPSA) is 38.8 Å². The van der Waals surface area contributed by atoms with Crippen molar-refractivity contribution < 1.29 is 14.3 Å². The maximum absolute atomic E-state index is 11.6. The number of rotatable bonds is 4. The van der Waals surface area contributed by atoms with Crippen LogP contribution in [0.25, 0.3) is 0 Å². The van der Waals surface area contributed by atoms with Gasteiger partial charge in [0.25, 0.3) is 0 Å². The van der Waals surface area contributed by atoms with Gasteiger partial charge in [0.05, 0.1) is 5.56 Å². The van der Waals surface area contributed by atoms with Crippen molar-refractivity contribution in [3.05, 3.63) is 29.3 Å². The third-order valence-corrected chi connectivity index (χ3v) is 5.46. The zero-order valence-electron chi connectivity index (χ0n) is 14.6. The number of esters is 1. The second-order valence-corrected chi connectivity index (χ2v) is 7.49. The minimum atomic E-state index is -0.229. The van der Waals surface area contributed by atoms with Crippen LogP contribution in [0.4, 0.5) is 0 Å². The normalized spacial score (nSPS) is 24.9. The zero-order valence-corrected chi connectivity index (χ0v) is 14.6. The molecule has 0 amide bonds. The van der Waals surface area contributed by atoms with Gasteiger partial charge in [-0.3, -0.25) is 4.90 Å². The molecule has 2 aliphatic heterocycles. The molecule has 1 aromatic rings. The molecule has 3 rings (SSSR count). The van der Waals surface area contributed by atoms with E-state index in [-0.39, 0.29) is 17.5 Å². The van der Waals surface area contributed by atoms with Crippen LogP contribution in [0.3, 0.4) is 0 Å². The molecule has 2 aliphatic rings. The Bertz CT molecular complexity index is 596. The van der Waals surface area contributed by atoms with Crippen molar-refractivity contribution in [1.82, 2.24) is 4.90 Å². The van der Waals surface area contributed by atoms with E-state index in [1.165, 1.54) is 0 Å². The Hall–Kier alpha value is -1.55. The lowest BCUT2D eigenvalue weighted by atomic mass is 9.79. The van der Waals surface area contributed by atoms with Crippen LogP contribution in [0.15, 0.2) is 18.2 Å². The van der Waals surface area contributed by atoms with Gasteiger partial charge in [-0.25, -0.2) is 4.79 Å². The van der Waals surface area contributed by atoms with E-state index in [0.717, 1.165) is 37.2 Å². The lowest BCUT2D eigenvalue weighted by Crippen LogP contribution is -2.53.